The summed E-state index contributed by atoms with van der Waals surface area (Å²) in [5.74, 6) is -2.66. The van der Waals surface area contributed by atoms with E-state index in [1.54, 1.807) is 0 Å². The molecule has 0 amide bonds. The van der Waals surface area contributed by atoms with Crippen molar-refractivity contribution in [3.8, 4) is 0 Å². The highest BCUT2D eigenvalue weighted by Crippen LogP contribution is 2.07. The minimum Gasteiger partial charge on any atom is -0.480 e. The number of hydrogen-bond donors (Lipinski definition) is 1. The Balaban J connectivity index is 4.73. The second-order valence-electron chi connectivity index (χ2n) is 3.76. The smallest absolute Gasteiger partial charge is 0.321 e. The fraction of sp³-hybridized carbons (Fsp3) is 0.875. The van der Waals surface area contributed by atoms with Crippen LogP contribution in [0.3, 0.4) is 0 Å². The average Bonchev–Trinajstić information content (AvgIpc) is 2.13. The van der Waals surface area contributed by atoms with E-state index in [0.29, 0.717) is 0 Å². The molecular weight excluding hydrogens is 256 g/mol. The summed E-state index contributed by atoms with van der Waals surface area (Å²) < 4.78 is 45.5. The van der Waals surface area contributed by atoms with E-state index in [0.717, 1.165) is 6.92 Å². The summed E-state index contributed by atoms with van der Waals surface area (Å²) in [6.45, 7) is 3.92. The Kier molecular flexibility index (Phi) is 4.93. The van der Waals surface area contributed by atoms with Gasteiger partial charge in [-0.2, -0.15) is 0 Å². The van der Waals surface area contributed by atoms with Gasteiger partial charge in [-0.3, -0.25) is 4.79 Å². The lowest BCUT2D eigenvalue weighted by molar-refractivity contribution is -0.136. The van der Waals surface area contributed by atoms with Crippen molar-refractivity contribution >= 4 is 25.6 Å². The van der Waals surface area contributed by atoms with E-state index in [2.05, 4.69) is 0 Å². The first kappa shape index (κ1) is 15.4. The molecule has 16 heavy (non-hydrogen) atoms. The Labute approximate surface area is 95.5 Å². The van der Waals surface area contributed by atoms with Crippen molar-refractivity contribution in [2.45, 2.75) is 31.3 Å². The van der Waals surface area contributed by atoms with Gasteiger partial charge in [-0.15, -0.1) is 0 Å². The highest BCUT2D eigenvalue weighted by atomic mass is 32.2. The molecule has 0 aliphatic carbocycles. The predicted octanol–water partition coefficient (Wildman–Crippen LogP) is -0.302. The minimum atomic E-state index is -3.90. The number of aliphatic carboxylic acids is 1. The Bertz CT molecular complexity index is 445. The fourth-order valence-corrected chi connectivity index (χ4v) is 3.79. The predicted molar refractivity (Wildman–Crippen MR) is 59.8 cm³/mol. The molecule has 0 aromatic carbocycles. The van der Waals surface area contributed by atoms with Crippen LogP contribution in [0.15, 0.2) is 0 Å². The molecule has 0 heterocycles. The standard InChI is InChI=1S/C8H16O6S2/c1-6(2)15(11,12)4-5-16(13,14)7(3)8(9)10/h6-7H,4-5H2,1-3H3,(H,9,10). The quantitative estimate of drug-likeness (QED) is 0.711. The van der Waals surface area contributed by atoms with Crippen molar-refractivity contribution in [3.05, 3.63) is 0 Å². The third kappa shape index (κ3) is 4.09. The lowest BCUT2D eigenvalue weighted by atomic mass is 10.5. The fourth-order valence-electron chi connectivity index (χ4n) is 0.798. The zero-order valence-electron chi connectivity index (χ0n) is 9.37. The van der Waals surface area contributed by atoms with Gasteiger partial charge in [0.2, 0.25) is 0 Å². The Hall–Kier alpha value is -0.630. The summed E-state index contributed by atoms with van der Waals surface area (Å²) in [6.07, 6.45) is 0. The summed E-state index contributed by atoms with van der Waals surface area (Å²) in [6, 6.07) is 0. The molecule has 0 radical (unpaired) electrons. The van der Waals surface area contributed by atoms with E-state index in [4.69, 9.17) is 5.11 Å². The zero-order chi connectivity index (χ0) is 13.1. The largest absolute Gasteiger partial charge is 0.480 e. The Morgan fingerprint density at radius 2 is 1.38 bits per heavy atom. The van der Waals surface area contributed by atoms with Crippen LogP contribution in [0.25, 0.3) is 0 Å². The lowest BCUT2D eigenvalue weighted by Crippen LogP contribution is -2.33. The van der Waals surface area contributed by atoms with E-state index in [1.165, 1.54) is 13.8 Å². The molecular formula is C8H16O6S2. The van der Waals surface area contributed by atoms with Crippen LogP contribution >= 0.6 is 0 Å². The number of hydrogen-bond acceptors (Lipinski definition) is 5. The van der Waals surface area contributed by atoms with Crippen molar-refractivity contribution < 1.29 is 26.7 Å². The molecule has 1 atom stereocenters. The van der Waals surface area contributed by atoms with Gasteiger partial charge in [0, 0.05) is 0 Å². The summed E-state index contributed by atoms with van der Waals surface area (Å²) >= 11 is 0. The van der Waals surface area contributed by atoms with Crippen LogP contribution in [0.2, 0.25) is 0 Å². The Morgan fingerprint density at radius 1 is 1.00 bits per heavy atom. The first-order chi connectivity index (χ1) is 7.00. The highest BCUT2D eigenvalue weighted by molar-refractivity contribution is 7.96. The minimum absolute atomic E-state index is 0.537. The molecule has 0 aromatic heterocycles. The molecule has 0 aromatic rings. The van der Waals surface area contributed by atoms with E-state index in [1.807, 2.05) is 0 Å². The first-order valence-corrected chi connectivity index (χ1v) is 8.09. The van der Waals surface area contributed by atoms with Gasteiger partial charge in [0.05, 0.1) is 16.8 Å². The molecule has 96 valence electrons. The zero-order valence-corrected chi connectivity index (χ0v) is 11.0. The number of carboxylic acid groups (broad SMARTS) is 1. The maximum Gasteiger partial charge on any atom is 0.321 e. The van der Waals surface area contributed by atoms with Gasteiger partial charge >= 0.3 is 5.97 Å². The van der Waals surface area contributed by atoms with Gasteiger partial charge in [0.15, 0.2) is 24.9 Å². The summed E-state index contributed by atoms with van der Waals surface area (Å²) in [5, 5.41) is 6.29. The SMILES string of the molecule is CC(C)S(=O)(=O)CCS(=O)(=O)C(C)C(=O)O. The molecule has 0 saturated carbocycles. The number of carboxylic acids is 1. The van der Waals surface area contributed by atoms with E-state index >= 15 is 0 Å². The third-order valence-corrected chi connectivity index (χ3v) is 6.78. The van der Waals surface area contributed by atoms with Crippen molar-refractivity contribution in [3.63, 3.8) is 0 Å². The van der Waals surface area contributed by atoms with Gasteiger partial charge in [-0.25, -0.2) is 16.8 Å². The van der Waals surface area contributed by atoms with Crippen LogP contribution in [0.1, 0.15) is 20.8 Å². The Morgan fingerprint density at radius 3 is 1.69 bits per heavy atom. The summed E-state index contributed by atoms with van der Waals surface area (Å²) in [4.78, 5) is 10.5. The van der Waals surface area contributed by atoms with Crippen LogP contribution in [0.5, 0.6) is 0 Å². The van der Waals surface area contributed by atoms with Crippen LogP contribution in [-0.2, 0) is 24.5 Å². The van der Waals surface area contributed by atoms with Gasteiger partial charge in [-0.05, 0) is 20.8 Å². The van der Waals surface area contributed by atoms with Crippen LogP contribution < -0.4 is 0 Å². The molecule has 8 heteroatoms. The first-order valence-electron chi connectivity index (χ1n) is 4.66. The van der Waals surface area contributed by atoms with Gasteiger partial charge in [0.1, 0.15) is 0 Å². The van der Waals surface area contributed by atoms with Gasteiger partial charge in [0.25, 0.3) is 0 Å². The second-order valence-corrected chi connectivity index (χ2v) is 8.88. The topological polar surface area (TPSA) is 106 Å². The number of carbonyl (C=O) groups is 1. The molecule has 0 fully saturated rings. The normalized spacial score (nSPS) is 15.0. The summed E-state index contributed by atoms with van der Waals surface area (Å²) in [5.41, 5.74) is 0. The van der Waals surface area contributed by atoms with Crippen molar-refractivity contribution in [1.29, 1.82) is 0 Å². The molecule has 6 nitrogen and oxygen atoms in total. The van der Waals surface area contributed by atoms with E-state index in [9.17, 15) is 21.6 Å². The summed E-state index contributed by atoms with van der Waals surface area (Å²) in [7, 11) is -7.37. The maximum atomic E-state index is 11.4. The monoisotopic (exact) mass is 272 g/mol. The highest BCUT2D eigenvalue weighted by Gasteiger charge is 2.29. The molecule has 0 aliphatic heterocycles. The van der Waals surface area contributed by atoms with E-state index < -0.39 is 47.6 Å². The van der Waals surface area contributed by atoms with Gasteiger partial charge in [-0.1, -0.05) is 0 Å². The van der Waals surface area contributed by atoms with Crippen molar-refractivity contribution in [1.82, 2.24) is 0 Å². The second kappa shape index (κ2) is 5.13. The number of sulfone groups is 2. The average molecular weight is 272 g/mol. The maximum absolute atomic E-state index is 11.4. The third-order valence-electron chi connectivity index (χ3n) is 2.26. The molecule has 1 unspecified atom stereocenters. The molecule has 1 N–H and O–H groups in total. The van der Waals surface area contributed by atoms with Crippen LogP contribution in [-0.4, -0.2) is 49.9 Å². The molecule has 0 spiro atoms. The lowest BCUT2D eigenvalue weighted by Gasteiger charge is -2.10. The molecule has 0 rings (SSSR count). The van der Waals surface area contributed by atoms with Gasteiger partial charge < -0.3 is 5.11 Å². The van der Waals surface area contributed by atoms with Crippen molar-refractivity contribution in [2.24, 2.45) is 0 Å². The molecule has 0 saturated heterocycles. The molecule has 0 aliphatic rings. The van der Waals surface area contributed by atoms with E-state index in [-0.39, 0.29) is 0 Å². The van der Waals surface area contributed by atoms with Crippen LogP contribution in [0.4, 0.5) is 0 Å². The van der Waals surface area contributed by atoms with Crippen LogP contribution in [0, 0.1) is 0 Å². The molecule has 0 bridgehead atoms. The number of rotatable bonds is 6. The van der Waals surface area contributed by atoms with Crippen molar-refractivity contribution in [2.75, 3.05) is 11.5 Å².